The van der Waals surface area contributed by atoms with E-state index < -0.39 is 11.8 Å². The average Bonchev–Trinajstić information content (AvgIpc) is 2.22. The third-order valence-electron chi connectivity index (χ3n) is 1.94. The molecule has 1 rings (SSSR count). The summed E-state index contributed by atoms with van der Waals surface area (Å²) >= 11 is 5.77. The van der Waals surface area contributed by atoms with Gasteiger partial charge in [-0.1, -0.05) is 11.6 Å². The van der Waals surface area contributed by atoms with E-state index in [-0.39, 0.29) is 6.42 Å². The van der Waals surface area contributed by atoms with E-state index in [0.29, 0.717) is 10.7 Å². The van der Waals surface area contributed by atoms with Gasteiger partial charge in [0.25, 0.3) is 0 Å². The Morgan fingerprint density at radius 2 is 2.06 bits per heavy atom. The molecule has 2 amide bonds. The highest BCUT2D eigenvalue weighted by atomic mass is 35.5. The number of amides is 2. The van der Waals surface area contributed by atoms with Gasteiger partial charge in [-0.05, 0) is 30.7 Å². The van der Waals surface area contributed by atoms with Crippen LogP contribution >= 0.6 is 11.6 Å². The summed E-state index contributed by atoms with van der Waals surface area (Å²) in [6.07, 6.45) is -0.307. The summed E-state index contributed by atoms with van der Waals surface area (Å²) in [5.41, 5.74) is 3.34. The van der Waals surface area contributed by atoms with Gasteiger partial charge in [-0.25, -0.2) is 5.84 Å². The van der Waals surface area contributed by atoms with E-state index >= 15 is 0 Å². The first-order valence-electron chi connectivity index (χ1n) is 4.58. The summed E-state index contributed by atoms with van der Waals surface area (Å²) in [6.45, 7) is 1.81. The number of benzene rings is 1. The SMILES string of the molecule is Cc1cc(Cl)ccc1NC(=O)CC(=O)NN. The van der Waals surface area contributed by atoms with Crippen molar-refractivity contribution in [3.63, 3.8) is 0 Å². The average molecular weight is 242 g/mol. The topological polar surface area (TPSA) is 84.2 Å². The van der Waals surface area contributed by atoms with Gasteiger partial charge in [0.1, 0.15) is 6.42 Å². The smallest absolute Gasteiger partial charge is 0.243 e. The van der Waals surface area contributed by atoms with Crippen LogP contribution in [0.2, 0.25) is 5.02 Å². The largest absolute Gasteiger partial charge is 0.325 e. The van der Waals surface area contributed by atoms with E-state index in [1.54, 1.807) is 18.2 Å². The first-order chi connectivity index (χ1) is 7.52. The van der Waals surface area contributed by atoms with Crippen LogP contribution in [-0.2, 0) is 9.59 Å². The van der Waals surface area contributed by atoms with E-state index in [2.05, 4.69) is 5.32 Å². The Morgan fingerprint density at radius 1 is 1.38 bits per heavy atom. The lowest BCUT2D eigenvalue weighted by atomic mass is 10.2. The van der Waals surface area contributed by atoms with Crippen molar-refractivity contribution in [2.45, 2.75) is 13.3 Å². The molecule has 16 heavy (non-hydrogen) atoms. The second-order valence-electron chi connectivity index (χ2n) is 3.25. The maximum atomic E-state index is 11.4. The van der Waals surface area contributed by atoms with Crippen molar-refractivity contribution in [1.82, 2.24) is 5.43 Å². The summed E-state index contributed by atoms with van der Waals surface area (Å²) in [7, 11) is 0. The Hall–Kier alpha value is -1.59. The monoisotopic (exact) mass is 241 g/mol. The number of hydrogen-bond acceptors (Lipinski definition) is 3. The van der Waals surface area contributed by atoms with Crippen molar-refractivity contribution in [2.75, 3.05) is 5.32 Å². The fraction of sp³-hybridized carbons (Fsp3) is 0.200. The Labute approximate surface area is 97.9 Å². The molecule has 0 aliphatic carbocycles. The number of nitrogens with one attached hydrogen (secondary N) is 2. The minimum absolute atomic E-state index is 0.307. The van der Waals surface area contributed by atoms with Gasteiger partial charge in [0.2, 0.25) is 11.8 Å². The Kier molecular flexibility index (Phi) is 4.28. The molecule has 0 spiro atoms. The quantitative estimate of drug-likeness (QED) is 0.319. The van der Waals surface area contributed by atoms with Crippen molar-refractivity contribution in [3.8, 4) is 0 Å². The van der Waals surface area contributed by atoms with Gasteiger partial charge in [-0.2, -0.15) is 0 Å². The fourth-order valence-electron chi connectivity index (χ4n) is 1.16. The van der Waals surface area contributed by atoms with Crippen LogP contribution in [0.25, 0.3) is 0 Å². The van der Waals surface area contributed by atoms with Crippen LogP contribution in [0.1, 0.15) is 12.0 Å². The number of nitrogens with two attached hydrogens (primary N) is 1. The summed E-state index contributed by atoms with van der Waals surface area (Å²) in [5.74, 6) is 3.91. The van der Waals surface area contributed by atoms with E-state index in [9.17, 15) is 9.59 Å². The molecule has 0 saturated carbocycles. The molecule has 0 aliphatic rings. The zero-order valence-electron chi connectivity index (χ0n) is 8.71. The van der Waals surface area contributed by atoms with Crippen molar-refractivity contribution < 1.29 is 9.59 Å². The summed E-state index contributed by atoms with van der Waals surface area (Å²) in [4.78, 5) is 22.2. The lowest BCUT2D eigenvalue weighted by molar-refractivity contribution is -0.126. The van der Waals surface area contributed by atoms with Crippen LogP contribution in [0.5, 0.6) is 0 Å². The van der Waals surface area contributed by atoms with Crippen molar-refractivity contribution in [2.24, 2.45) is 5.84 Å². The molecule has 0 bridgehead atoms. The molecule has 1 aromatic rings. The molecule has 0 unspecified atom stereocenters. The number of hydrazine groups is 1. The molecular formula is C10H12ClN3O2. The van der Waals surface area contributed by atoms with Crippen molar-refractivity contribution >= 4 is 29.1 Å². The number of aryl methyl sites for hydroxylation is 1. The van der Waals surface area contributed by atoms with Gasteiger partial charge in [0, 0.05) is 10.7 Å². The minimum atomic E-state index is -0.538. The molecule has 0 fully saturated rings. The van der Waals surface area contributed by atoms with Crippen LogP contribution < -0.4 is 16.6 Å². The molecule has 0 saturated heterocycles. The van der Waals surface area contributed by atoms with E-state index in [1.165, 1.54) is 0 Å². The molecule has 0 atom stereocenters. The first-order valence-corrected chi connectivity index (χ1v) is 4.96. The Morgan fingerprint density at radius 3 is 2.62 bits per heavy atom. The molecular weight excluding hydrogens is 230 g/mol. The van der Waals surface area contributed by atoms with Crippen molar-refractivity contribution in [3.05, 3.63) is 28.8 Å². The molecule has 4 N–H and O–H groups in total. The minimum Gasteiger partial charge on any atom is -0.325 e. The molecule has 1 aromatic carbocycles. The van der Waals surface area contributed by atoms with Gasteiger partial charge in [0.15, 0.2) is 0 Å². The predicted molar refractivity (Wildman–Crippen MR) is 61.8 cm³/mol. The molecule has 0 aliphatic heterocycles. The number of carbonyl (C=O) groups is 2. The van der Waals surface area contributed by atoms with Gasteiger partial charge in [-0.3, -0.25) is 15.0 Å². The maximum absolute atomic E-state index is 11.4. The number of halogens is 1. The normalized spacial score (nSPS) is 9.69. The predicted octanol–water partition coefficient (Wildman–Crippen LogP) is 0.967. The van der Waals surface area contributed by atoms with Crippen molar-refractivity contribution in [1.29, 1.82) is 0 Å². The fourth-order valence-corrected chi connectivity index (χ4v) is 1.39. The molecule has 6 heteroatoms. The van der Waals surface area contributed by atoms with Crippen LogP contribution in [0.4, 0.5) is 5.69 Å². The van der Waals surface area contributed by atoms with Gasteiger partial charge in [-0.15, -0.1) is 0 Å². The van der Waals surface area contributed by atoms with Gasteiger partial charge < -0.3 is 5.32 Å². The lowest BCUT2D eigenvalue weighted by Crippen LogP contribution is -2.33. The lowest BCUT2D eigenvalue weighted by Gasteiger charge is -2.07. The second kappa shape index (κ2) is 5.48. The summed E-state index contributed by atoms with van der Waals surface area (Å²) < 4.78 is 0. The molecule has 5 nitrogen and oxygen atoms in total. The molecule has 86 valence electrons. The number of rotatable bonds is 3. The maximum Gasteiger partial charge on any atom is 0.243 e. The zero-order chi connectivity index (χ0) is 12.1. The number of hydrogen-bond donors (Lipinski definition) is 3. The van der Waals surface area contributed by atoms with Gasteiger partial charge >= 0.3 is 0 Å². The third-order valence-corrected chi connectivity index (χ3v) is 2.18. The Bertz CT molecular complexity index is 421. The van der Waals surface area contributed by atoms with E-state index in [1.807, 2.05) is 12.3 Å². The van der Waals surface area contributed by atoms with Crippen LogP contribution in [0.3, 0.4) is 0 Å². The molecule has 0 radical (unpaired) electrons. The zero-order valence-corrected chi connectivity index (χ0v) is 9.47. The van der Waals surface area contributed by atoms with Crippen LogP contribution in [-0.4, -0.2) is 11.8 Å². The third kappa shape index (κ3) is 3.52. The van der Waals surface area contributed by atoms with Crippen LogP contribution in [0.15, 0.2) is 18.2 Å². The molecule has 0 heterocycles. The van der Waals surface area contributed by atoms with E-state index in [0.717, 1.165) is 5.56 Å². The standard InChI is InChI=1S/C10H12ClN3O2/c1-6-4-7(11)2-3-8(6)13-9(15)5-10(16)14-12/h2-4H,5,12H2,1H3,(H,13,15)(H,14,16). The summed E-state index contributed by atoms with van der Waals surface area (Å²) in [6, 6.07) is 5.06. The number of anilines is 1. The highest BCUT2D eigenvalue weighted by Crippen LogP contribution is 2.19. The first kappa shape index (κ1) is 12.5. The molecule has 0 aromatic heterocycles. The highest BCUT2D eigenvalue weighted by Gasteiger charge is 2.09. The number of carbonyl (C=O) groups excluding carboxylic acids is 2. The highest BCUT2D eigenvalue weighted by molar-refractivity contribution is 6.30. The van der Waals surface area contributed by atoms with Gasteiger partial charge in [0.05, 0.1) is 0 Å². The van der Waals surface area contributed by atoms with Crippen LogP contribution in [0, 0.1) is 6.92 Å². The summed E-state index contributed by atoms with van der Waals surface area (Å²) in [5, 5.41) is 3.18. The second-order valence-corrected chi connectivity index (χ2v) is 3.69. The van der Waals surface area contributed by atoms with E-state index in [4.69, 9.17) is 17.4 Å². The Balaban J connectivity index is 2.66.